The lowest BCUT2D eigenvalue weighted by atomic mass is 10.1. The summed E-state index contributed by atoms with van der Waals surface area (Å²) in [5, 5.41) is 0. The largest absolute Gasteiger partial charge is 0.489 e. The number of para-hydroxylation sites is 1. The minimum Gasteiger partial charge on any atom is -0.489 e. The molecule has 0 saturated carbocycles. The molecule has 2 aromatic rings. The van der Waals surface area contributed by atoms with Gasteiger partial charge < -0.3 is 9.30 Å². The van der Waals surface area contributed by atoms with E-state index in [1.165, 1.54) is 0 Å². The number of alkyl halides is 1. The van der Waals surface area contributed by atoms with Crippen molar-refractivity contribution in [1.82, 2.24) is 9.55 Å². The van der Waals surface area contributed by atoms with Crippen LogP contribution in [0.25, 0.3) is 11.0 Å². The van der Waals surface area contributed by atoms with E-state index in [1.54, 1.807) is 0 Å². The van der Waals surface area contributed by atoms with Gasteiger partial charge in [-0.15, -0.1) is 11.6 Å². The van der Waals surface area contributed by atoms with Gasteiger partial charge in [0.05, 0.1) is 17.5 Å². The molecule has 0 atom stereocenters. The molecular formula is C16H23ClN2O. The number of hydrogen-bond donors (Lipinski definition) is 0. The molecule has 0 aliphatic carbocycles. The summed E-state index contributed by atoms with van der Waals surface area (Å²) < 4.78 is 8.06. The molecule has 2 rings (SSSR count). The molecule has 1 aromatic heterocycles. The van der Waals surface area contributed by atoms with Crippen molar-refractivity contribution in [3.8, 4) is 5.75 Å². The van der Waals surface area contributed by atoms with E-state index >= 15 is 0 Å². The van der Waals surface area contributed by atoms with Gasteiger partial charge in [-0.2, -0.15) is 0 Å². The van der Waals surface area contributed by atoms with Crippen LogP contribution in [0.3, 0.4) is 0 Å². The summed E-state index contributed by atoms with van der Waals surface area (Å²) in [5.74, 6) is 2.84. The first-order chi connectivity index (χ1) is 9.52. The van der Waals surface area contributed by atoms with Crippen LogP contribution >= 0.6 is 11.6 Å². The van der Waals surface area contributed by atoms with Crippen molar-refractivity contribution in [2.24, 2.45) is 5.92 Å². The molecule has 0 aliphatic heterocycles. The molecule has 20 heavy (non-hydrogen) atoms. The lowest BCUT2D eigenvalue weighted by Crippen LogP contribution is -2.06. The fourth-order valence-corrected chi connectivity index (χ4v) is 2.46. The Hall–Kier alpha value is -1.22. The Bertz CT molecular complexity index is 575. The molecule has 110 valence electrons. The first-order valence-electron chi connectivity index (χ1n) is 7.23. The summed E-state index contributed by atoms with van der Waals surface area (Å²) in [4.78, 5) is 4.67. The molecule has 0 unspecified atom stereocenters. The Morgan fingerprint density at radius 3 is 2.60 bits per heavy atom. The lowest BCUT2D eigenvalue weighted by molar-refractivity contribution is 0.245. The van der Waals surface area contributed by atoms with Crippen LogP contribution in [-0.2, 0) is 12.4 Å². The van der Waals surface area contributed by atoms with Crippen LogP contribution < -0.4 is 4.74 Å². The molecule has 0 N–H and O–H groups in total. The number of aromatic nitrogens is 2. The number of aryl methyl sites for hydroxylation is 1. The standard InChI is InChI=1S/C16H23ClN2O/c1-11(2)8-9-19-13-6-5-7-14(20-12(3)4)16(13)18-15(19)10-17/h5-7,11-12H,8-10H2,1-4H3. The first-order valence-corrected chi connectivity index (χ1v) is 7.77. The molecule has 3 nitrogen and oxygen atoms in total. The number of ether oxygens (including phenoxy) is 1. The third kappa shape index (κ3) is 3.26. The summed E-state index contributed by atoms with van der Waals surface area (Å²) in [6.07, 6.45) is 1.26. The van der Waals surface area contributed by atoms with Gasteiger partial charge in [0.1, 0.15) is 17.1 Å². The molecule has 0 fully saturated rings. The van der Waals surface area contributed by atoms with Crippen molar-refractivity contribution in [2.45, 2.75) is 52.6 Å². The molecule has 0 bridgehead atoms. The molecule has 0 spiro atoms. The summed E-state index contributed by atoms with van der Waals surface area (Å²) >= 11 is 6.05. The van der Waals surface area contributed by atoms with Gasteiger partial charge in [-0.1, -0.05) is 19.9 Å². The second kappa shape index (κ2) is 6.49. The number of nitrogens with zero attached hydrogens (tertiary/aromatic N) is 2. The molecule has 1 heterocycles. The summed E-state index contributed by atoms with van der Waals surface area (Å²) in [6, 6.07) is 6.08. The number of rotatable bonds is 6. The first kappa shape index (κ1) is 15.2. The lowest BCUT2D eigenvalue weighted by Gasteiger charge is -2.11. The van der Waals surface area contributed by atoms with E-state index in [9.17, 15) is 0 Å². The van der Waals surface area contributed by atoms with Crippen LogP contribution in [0, 0.1) is 5.92 Å². The zero-order chi connectivity index (χ0) is 14.7. The summed E-state index contributed by atoms with van der Waals surface area (Å²) in [7, 11) is 0. The van der Waals surface area contributed by atoms with Gasteiger partial charge in [-0.05, 0) is 38.3 Å². The van der Waals surface area contributed by atoms with Crippen LogP contribution in [-0.4, -0.2) is 15.7 Å². The number of fused-ring (bicyclic) bond motifs is 1. The zero-order valence-corrected chi connectivity index (χ0v) is 13.4. The highest BCUT2D eigenvalue weighted by molar-refractivity contribution is 6.16. The fourth-order valence-electron chi connectivity index (χ4n) is 2.26. The third-order valence-corrected chi connectivity index (χ3v) is 3.47. The second-order valence-electron chi connectivity index (χ2n) is 5.79. The Morgan fingerprint density at radius 2 is 2.00 bits per heavy atom. The van der Waals surface area contributed by atoms with Crippen LogP contribution in [0.1, 0.15) is 39.9 Å². The van der Waals surface area contributed by atoms with Crippen molar-refractivity contribution in [1.29, 1.82) is 0 Å². The van der Waals surface area contributed by atoms with Gasteiger partial charge >= 0.3 is 0 Å². The molecule has 0 amide bonds. The fraction of sp³-hybridized carbons (Fsp3) is 0.562. The molecule has 4 heteroatoms. The summed E-state index contributed by atoms with van der Waals surface area (Å²) in [5.41, 5.74) is 2.03. The van der Waals surface area contributed by atoms with E-state index in [-0.39, 0.29) is 6.10 Å². The number of halogens is 1. The van der Waals surface area contributed by atoms with Crippen molar-refractivity contribution in [2.75, 3.05) is 0 Å². The average molecular weight is 295 g/mol. The van der Waals surface area contributed by atoms with Gasteiger partial charge in [0.25, 0.3) is 0 Å². The van der Waals surface area contributed by atoms with E-state index < -0.39 is 0 Å². The average Bonchev–Trinajstić information content (AvgIpc) is 2.74. The maximum atomic E-state index is 6.05. The normalized spacial score (nSPS) is 11.8. The number of hydrogen-bond acceptors (Lipinski definition) is 2. The van der Waals surface area contributed by atoms with Gasteiger partial charge in [-0.3, -0.25) is 0 Å². The molecule has 0 aliphatic rings. The van der Waals surface area contributed by atoms with Crippen LogP contribution in [0.15, 0.2) is 18.2 Å². The van der Waals surface area contributed by atoms with Gasteiger partial charge in [0.2, 0.25) is 0 Å². The highest BCUT2D eigenvalue weighted by Gasteiger charge is 2.14. The second-order valence-corrected chi connectivity index (χ2v) is 6.05. The van der Waals surface area contributed by atoms with Crippen molar-refractivity contribution in [3.63, 3.8) is 0 Å². The van der Waals surface area contributed by atoms with Crippen LogP contribution in [0.5, 0.6) is 5.75 Å². The Kier molecular flexibility index (Phi) is 4.92. The molecule has 0 radical (unpaired) electrons. The van der Waals surface area contributed by atoms with Gasteiger partial charge in [0, 0.05) is 6.54 Å². The quantitative estimate of drug-likeness (QED) is 0.728. The highest BCUT2D eigenvalue weighted by atomic mass is 35.5. The number of imidazole rings is 1. The molecule has 0 saturated heterocycles. The van der Waals surface area contributed by atoms with Gasteiger partial charge in [-0.25, -0.2) is 4.98 Å². The van der Waals surface area contributed by atoms with Crippen molar-refractivity contribution in [3.05, 3.63) is 24.0 Å². The minimum absolute atomic E-state index is 0.140. The minimum atomic E-state index is 0.140. The van der Waals surface area contributed by atoms with Crippen LogP contribution in [0.2, 0.25) is 0 Å². The molecular weight excluding hydrogens is 272 g/mol. The zero-order valence-electron chi connectivity index (χ0n) is 12.7. The van der Waals surface area contributed by atoms with E-state index in [0.29, 0.717) is 11.8 Å². The van der Waals surface area contributed by atoms with E-state index in [0.717, 1.165) is 35.6 Å². The van der Waals surface area contributed by atoms with Crippen LogP contribution in [0.4, 0.5) is 0 Å². The van der Waals surface area contributed by atoms with E-state index in [4.69, 9.17) is 16.3 Å². The third-order valence-electron chi connectivity index (χ3n) is 3.23. The monoisotopic (exact) mass is 294 g/mol. The smallest absolute Gasteiger partial charge is 0.147 e. The number of benzene rings is 1. The highest BCUT2D eigenvalue weighted by Crippen LogP contribution is 2.28. The topological polar surface area (TPSA) is 27.1 Å². The SMILES string of the molecule is CC(C)CCn1c(CCl)nc2c(OC(C)C)cccc21. The predicted molar refractivity (Wildman–Crippen MR) is 84.5 cm³/mol. The van der Waals surface area contributed by atoms with Gasteiger partial charge in [0.15, 0.2) is 0 Å². The summed E-state index contributed by atoms with van der Waals surface area (Å²) in [6.45, 7) is 9.45. The maximum Gasteiger partial charge on any atom is 0.147 e. The Labute approximate surface area is 125 Å². The molecule has 1 aromatic carbocycles. The Balaban J connectivity index is 2.45. The Morgan fingerprint density at radius 1 is 1.25 bits per heavy atom. The predicted octanol–water partition coefficient (Wildman–Crippen LogP) is 4.61. The van der Waals surface area contributed by atoms with Crippen molar-refractivity contribution < 1.29 is 4.74 Å². The maximum absolute atomic E-state index is 6.05. The van der Waals surface area contributed by atoms with E-state index in [1.807, 2.05) is 26.0 Å². The van der Waals surface area contributed by atoms with E-state index in [2.05, 4.69) is 29.5 Å². The van der Waals surface area contributed by atoms with Crippen molar-refractivity contribution >= 4 is 22.6 Å².